The maximum Gasteiger partial charge on any atom is 0.273 e. The quantitative estimate of drug-likeness (QED) is 0.122. The first-order valence-electron chi connectivity index (χ1n) is 12.2. The van der Waals surface area contributed by atoms with Gasteiger partial charge in [-0.1, -0.05) is 43.5 Å². The highest BCUT2D eigenvalue weighted by molar-refractivity contribution is 9.12. The normalized spacial score (nSPS) is 27.9. The Morgan fingerprint density at radius 3 is 1.97 bits per heavy atom. The van der Waals surface area contributed by atoms with Crippen LogP contribution in [0.4, 0.5) is 5.69 Å². The summed E-state index contributed by atoms with van der Waals surface area (Å²) in [7, 11) is 0. The minimum absolute atomic E-state index is 0.0198. The summed E-state index contributed by atoms with van der Waals surface area (Å²) in [5.41, 5.74) is -0.0447. The smallest absolute Gasteiger partial charge is 0.273 e. The van der Waals surface area contributed by atoms with E-state index in [1.807, 2.05) is 0 Å². The van der Waals surface area contributed by atoms with Crippen LogP contribution in [0, 0.1) is 33.8 Å². The minimum atomic E-state index is -1.30. The predicted octanol–water partition coefficient (Wildman–Crippen LogP) is 5.26. The summed E-state index contributed by atoms with van der Waals surface area (Å²) in [5.74, 6) is -3.95. The summed E-state index contributed by atoms with van der Waals surface area (Å²) < 4.78 is 0. The molecule has 1 saturated heterocycles. The summed E-state index contributed by atoms with van der Waals surface area (Å²) in [4.78, 5) is 66.1. The van der Waals surface area contributed by atoms with Crippen LogP contribution >= 0.6 is 55.1 Å². The molecule has 7 atom stereocenters. The second-order valence-electron chi connectivity index (χ2n) is 9.81. The standard InChI is InChI=1S/C26H21Br2Cl2N3O6/c27-21-16-11-17(22(21)28)20-19(16)25(36)32(26(20)37)31(24(35)13-3-7-15(8-4-13)33(38)39)18(9-10-29)23(34)12-1-5-14(30)6-2-12/h1-8,16-22H,9-11H2/t16-,17-,18+,19-,20+,21-,22+/m1/s1. The molecule has 0 aromatic heterocycles. The van der Waals surface area contributed by atoms with E-state index in [1.54, 1.807) is 0 Å². The number of rotatable bonds is 8. The highest BCUT2D eigenvalue weighted by atomic mass is 79.9. The van der Waals surface area contributed by atoms with Crippen molar-refractivity contribution in [3.8, 4) is 0 Å². The molecule has 2 bridgehead atoms. The average molecular weight is 702 g/mol. The van der Waals surface area contributed by atoms with Gasteiger partial charge in [-0.2, -0.15) is 5.01 Å². The number of nitrogens with zero attached hydrogens (tertiary/aromatic N) is 3. The molecule has 9 nitrogen and oxygen atoms in total. The van der Waals surface area contributed by atoms with Gasteiger partial charge < -0.3 is 0 Å². The van der Waals surface area contributed by atoms with E-state index in [0.717, 1.165) is 22.2 Å². The molecule has 3 fully saturated rings. The van der Waals surface area contributed by atoms with Crippen LogP contribution in [-0.4, -0.2) is 60.0 Å². The first-order valence-corrected chi connectivity index (χ1v) is 14.9. The van der Waals surface area contributed by atoms with E-state index in [-0.39, 0.29) is 50.6 Å². The van der Waals surface area contributed by atoms with Crippen molar-refractivity contribution in [3.63, 3.8) is 0 Å². The van der Waals surface area contributed by atoms with Crippen molar-refractivity contribution in [2.24, 2.45) is 23.7 Å². The number of carbonyl (C=O) groups is 4. The van der Waals surface area contributed by atoms with Gasteiger partial charge in [0.2, 0.25) is 0 Å². The molecule has 13 heteroatoms. The maximum atomic E-state index is 14.0. The molecule has 0 N–H and O–H groups in total. The number of hydrogen-bond donors (Lipinski definition) is 0. The van der Waals surface area contributed by atoms with E-state index < -0.39 is 46.3 Å². The number of ketones is 1. The Kier molecular flexibility index (Phi) is 7.89. The Balaban J connectivity index is 1.59. The van der Waals surface area contributed by atoms with Crippen LogP contribution in [0.1, 0.15) is 33.6 Å². The van der Waals surface area contributed by atoms with Crippen LogP contribution in [0.25, 0.3) is 0 Å². The number of imide groups is 1. The fourth-order valence-corrected chi connectivity index (χ4v) is 8.26. The van der Waals surface area contributed by atoms with Crippen LogP contribution in [0.15, 0.2) is 48.5 Å². The molecule has 1 aliphatic heterocycles. The van der Waals surface area contributed by atoms with Gasteiger partial charge in [-0.3, -0.25) is 29.3 Å². The third-order valence-corrected chi connectivity index (χ3v) is 11.5. The highest BCUT2D eigenvalue weighted by Crippen LogP contribution is 2.60. The van der Waals surface area contributed by atoms with Gasteiger partial charge in [-0.15, -0.1) is 11.6 Å². The largest absolute Gasteiger partial charge is 0.292 e. The molecular formula is C26H21Br2Cl2N3O6. The van der Waals surface area contributed by atoms with Crippen molar-refractivity contribution in [2.45, 2.75) is 28.5 Å². The molecule has 2 aromatic carbocycles. The lowest BCUT2D eigenvalue weighted by Gasteiger charge is -2.36. The predicted molar refractivity (Wildman–Crippen MR) is 150 cm³/mol. The minimum Gasteiger partial charge on any atom is -0.292 e. The number of nitro groups is 1. The number of hydrazine groups is 1. The van der Waals surface area contributed by atoms with Crippen molar-refractivity contribution in [3.05, 3.63) is 74.8 Å². The molecule has 3 amide bonds. The van der Waals surface area contributed by atoms with Gasteiger partial charge in [0.15, 0.2) is 5.78 Å². The third-order valence-electron chi connectivity index (χ3n) is 7.82. The lowest BCUT2D eigenvalue weighted by atomic mass is 9.81. The molecule has 0 radical (unpaired) electrons. The van der Waals surface area contributed by atoms with Crippen molar-refractivity contribution in [1.82, 2.24) is 10.0 Å². The van der Waals surface area contributed by atoms with Gasteiger partial charge in [0.25, 0.3) is 23.4 Å². The summed E-state index contributed by atoms with van der Waals surface area (Å²) in [6, 6.07) is 9.50. The zero-order valence-corrected chi connectivity index (χ0v) is 24.8. The molecule has 0 spiro atoms. The number of alkyl halides is 3. The average Bonchev–Trinajstić information content (AvgIpc) is 3.54. The SMILES string of the molecule is O=C(c1ccc(Cl)cc1)[C@H](CCCl)N(C(=O)c1ccc([N+](=O)[O-])cc1)N1C(=O)[C@@H]2[C@H]3C[C@@H]([C@H](Br)[C@@H]3Br)[C@@H]2C1=O. The number of hydrogen-bond acceptors (Lipinski definition) is 6. The van der Waals surface area contributed by atoms with Crippen LogP contribution < -0.4 is 0 Å². The van der Waals surface area contributed by atoms with Gasteiger partial charge in [0.1, 0.15) is 6.04 Å². The number of carbonyl (C=O) groups excluding carboxylic acids is 4. The summed E-state index contributed by atoms with van der Waals surface area (Å²) in [6.07, 6.45) is 0.640. The Hall–Kier alpha value is -2.34. The Bertz CT molecular complexity index is 1330. The van der Waals surface area contributed by atoms with Crippen molar-refractivity contribution in [2.75, 3.05) is 5.88 Å². The lowest BCUT2D eigenvalue weighted by Crippen LogP contribution is -2.58. The molecular weight excluding hydrogens is 681 g/mol. The zero-order valence-electron chi connectivity index (χ0n) is 20.1. The van der Waals surface area contributed by atoms with Gasteiger partial charge in [-0.05, 0) is 61.1 Å². The van der Waals surface area contributed by atoms with Crippen molar-refractivity contribution in [1.29, 1.82) is 0 Å². The first kappa shape index (κ1) is 28.2. The maximum absolute atomic E-state index is 14.0. The summed E-state index contributed by atoms with van der Waals surface area (Å²) >= 11 is 19.4. The Morgan fingerprint density at radius 2 is 1.49 bits per heavy atom. The number of fused-ring (bicyclic) bond motifs is 5. The number of nitro benzene ring substituents is 1. The molecule has 0 unspecified atom stereocenters. The van der Waals surface area contributed by atoms with E-state index in [1.165, 1.54) is 36.4 Å². The van der Waals surface area contributed by atoms with E-state index in [2.05, 4.69) is 31.9 Å². The number of non-ortho nitro benzene ring substituents is 1. The van der Waals surface area contributed by atoms with E-state index >= 15 is 0 Å². The van der Waals surface area contributed by atoms with Gasteiger partial charge in [0, 0.05) is 43.8 Å². The lowest BCUT2D eigenvalue weighted by molar-refractivity contribution is -0.384. The molecule has 204 valence electrons. The highest BCUT2D eigenvalue weighted by Gasteiger charge is 2.68. The fraction of sp³-hybridized carbons (Fsp3) is 0.385. The summed E-state index contributed by atoms with van der Waals surface area (Å²) in [5, 5.41) is 13.3. The van der Waals surface area contributed by atoms with Gasteiger partial charge in [-0.25, -0.2) is 5.01 Å². The monoisotopic (exact) mass is 699 g/mol. The van der Waals surface area contributed by atoms with E-state index in [9.17, 15) is 29.3 Å². The first-order chi connectivity index (χ1) is 18.6. The zero-order chi connectivity index (χ0) is 28.2. The van der Waals surface area contributed by atoms with Crippen molar-refractivity contribution >= 4 is 84.3 Å². The molecule has 39 heavy (non-hydrogen) atoms. The molecule has 1 heterocycles. The molecule has 3 aliphatic rings. The number of amides is 3. The van der Waals surface area contributed by atoms with Crippen molar-refractivity contribution < 1.29 is 24.1 Å². The second-order valence-corrected chi connectivity index (χ2v) is 12.7. The van der Waals surface area contributed by atoms with Crippen LogP contribution in [0.2, 0.25) is 5.02 Å². The number of benzene rings is 2. The van der Waals surface area contributed by atoms with E-state index in [0.29, 0.717) is 11.4 Å². The van der Waals surface area contributed by atoms with Gasteiger partial charge in [0.05, 0.1) is 16.8 Å². The van der Waals surface area contributed by atoms with Crippen LogP contribution in [-0.2, 0) is 9.59 Å². The van der Waals surface area contributed by atoms with Crippen LogP contribution in [0.3, 0.4) is 0 Å². The summed E-state index contributed by atoms with van der Waals surface area (Å²) in [6.45, 7) is 0. The molecule has 2 aliphatic carbocycles. The number of halogens is 4. The fourth-order valence-electron chi connectivity index (χ4n) is 6.05. The Labute approximate surface area is 250 Å². The van der Waals surface area contributed by atoms with Gasteiger partial charge >= 0.3 is 0 Å². The molecule has 2 aromatic rings. The second kappa shape index (κ2) is 10.9. The Morgan fingerprint density at radius 1 is 0.974 bits per heavy atom. The van der Waals surface area contributed by atoms with Crippen LogP contribution in [0.5, 0.6) is 0 Å². The topological polar surface area (TPSA) is 118 Å². The van der Waals surface area contributed by atoms with E-state index in [4.69, 9.17) is 23.2 Å². The third kappa shape index (κ3) is 4.71. The molecule has 2 saturated carbocycles. The molecule has 5 rings (SSSR count). The number of Topliss-reactive ketones (excluding diaryl/α,β-unsaturated/α-hetero) is 1.